The van der Waals surface area contributed by atoms with Crippen molar-refractivity contribution in [3.63, 3.8) is 0 Å². The Morgan fingerprint density at radius 1 is 1.26 bits per heavy atom. The Bertz CT molecular complexity index is 675. The molecule has 3 heterocycles. The number of thioether (sulfide) groups is 1. The maximum Gasteiger partial charge on any atom is 0.401 e. The van der Waals surface area contributed by atoms with Crippen LogP contribution < -0.4 is 10.6 Å². The highest BCUT2D eigenvalue weighted by molar-refractivity contribution is 8.03. The number of piperidine rings is 1. The van der Waals surface area contributed by atoms with Gasteiger partial charge in [-0.2, -0.15) is 13.2 Å². The van der Waals surface area contributed by atoms with Gasteiger partial charge in [0.25, 0.3) is 0 Å². The second kappa shape index (κ2) is 9.61. The van der Waals surface area contributed by atoms with Crippen molar-refractivity contribution < 1.29 is 22.7 Å². The summed E-state index contributed by atoms with van der Waals surface area (Å²) in [5.41, 5.74) is 0.820. The number of amides is 1. The fourth-order valence-electron chi connectivity index (χ4n) is 5.15. The van der Waals surface area contributed by atoms with Gasteiger partial charge in [-0.05, 0) is 69.2 Å². The third kappa shape index (κ3) is 6.39. The van der Waals surface area contributed by atoms with Crippen LogP contribution in [0.25, 0.3) is 0 Å². The molecule has 3 aliphatic heterocycles. The number of carbonyl (C=O) groups is 1. The fourth-order valence-corrected chi connectivity index (χ4v) is 6.43. The average Bonchev–Trinajstić information content (AvgIpc) is 3.41. The molecule has 1 unspecified atom stereocenters. The van der Waals surface area contributed by atoms with Gasteiger partial charge in [0.2, 0.25) is 5.91 Å². The van der Waals surface area contributed by atoms with Gasteiger partial charge < -0.3 is 15.4 Å². The zero-order valence-corrected chi connectivity index (χ0v) is 19.0. The van der Waals surface area contributed by atoms with Crippen molar-refractivity contribution >= 4 is 17.7 Å². The van der Waals surface area contributed by atoms with Gasteiger partial charge >= 0.3 is 6.18 Å². The van der Waals surface area contributed by atoms with Crippen LogP contribution in [0.4, 0.5) is 13.2 Å². The van der Waals surface area contributed by atoms with Crippen LogP contribution in [0.15, 0.2) is 11.0 Å². The van der Waals surface area contributed by atoms with Gasteiger partial charge in [0.05, 0.1) is 6.54 Å². The summed E-state index contributed by atoms with van der Waals surface area (Å²) in [5, 5.41) is 8.80. The predicted octanol–water partition coefficient (Wildman–Crippen LogP) is 3.31. The molecule has 0 spiro atoms. The van der Waals surface area contributed by atoms with Gasteiger partial charge in [-0.25, -0.2) is 0 Å². The van der Waals surface area contributed by atoms with Crippen molar-refractivity contribution in [3.05, 3.63) is 11.0 Å². The number of ether oxygens (including phenoxy) is 1. The molecule has 1 aliphatic carbocycles. The van der Waals surface area contributed by atoms with E-state index in [1.165, 1.54) is 4.90 Å². The first kappa shape index (κ1) is 23.4. The van der Waals surface area contributed by atoms with Crippen LogP contribution in [0.1, 0.15) is 45.4 Å². The van der Waals surface area contributed by atoms with Crippen molar-refractivity contribution in [2.45, 2.75) is 68.5 Å². The second-order valence-electron chi connectivity index (χ2n) is 9.80. The molecule has 4 aliphatic rings. The molecule has 9 heteroatoms. The Balaban J connectivity index is 1.17. The summed E-state index contributed by atoms with van der Waals surface area (Å²) in [6.07, 6.45) is 1.17. The van der Waals surface area contributed by atoms with Crippen LogP contribution in [0.2, 0.25) is 0 Å². The van der Waals surface area contributed by atoms with Crippen molar-refractivity contribution in [2.24, 2.45) is 11.8 Å². The number of carbonyl (C=O) groups excluding carboxylic acids is 1. The van der Waals surface area contributed by atoms with E-state index in [1.54, 1.807) is 11.8 Å². The van der Waals surface area contributed by atoms with Gasteiger partial charge in [-0.15, -0.1) is 11.8 Å². The largest absolute Gasteiger partial charge is 0.401 e. The predicted molar refractivity (Wildman–Crippen MR) is 116 cm³/mol. The number of hydrogen-bond acceptors (Lipinski definition) is 5. The molecule has 176 valence electrons. The molecule has 0 bridgehead atoms. The molecular weight excluding hydrogens is 427 g/mol. The number of alkyl halides is 3. The Hall–Kier alpha value is -0.770. The summed E-state index contributed by atoms with van der Waals surface area (Å²) < 4.78 is 43.1. The van der Waals surface area contributed by atoms with Crippen molar-refractivity contribution in [3.8, 4) is 0 Å². The maximum absolute atomic E-state index is 12.8. The fraction of sp³-hybridized carbons (Fsp3) is 0.864. The van der Waals surface area contributed by atoms with E-state index >= 15 is 0 Å². The number of rotatable bonds is 7. The Labute approximate surface area is 186 Å². The van der Waals surface area contributed by atoms with Crippen LogP contribution in [-0.4, -0.2) is 73.2 Å². The third-order valence-electron chi connectivity index (χ3n) is 7.21. The summed E-state index contributed by atoms with van der Waals surface area (Å²) in [5.74, 6) is 1.24. The monoisotopic (exact) mass is 461 g/mol. The van der Waals surface area contributed by atoms with E-state index in [1.807, 2.05) is 5.41 Å². The van der Waals surface area contributed by atoms with E-state index in [-0.39, 0.29) is 16.7 Å². The lowest BCUT2D eigenvalue weighted by Gasteiger charge is -2.32. The first-order valence-corrected chi connectivity index (χ1v) is 12.4. The standard InChI is InChI=1S/C22H34F3N3O2S/c1-21(18-10-19(18)26-12-15-4-8-30-9-5-15)11-16(13-31-21)20(29)27-17-2-6-28(7-3-17)14-22(23,24)25/h13,15,17-19,26H,2-12,14H2,1H3,(H,27,29)/t18-,19-,21?/m1/s1. The summed E-state index contributed by atoms with van der Waals surface area (Å²) in [7, 11) is 0. The Morgan fingerprint density at radius 3 is 2.65 bits per heavy atom. The van der Waals surface area contributed by atoms with Crippen LogP contribution >= 0.6 is 11.8 Å². The van der Waals surface area contributed by atoms with E-state index in [2.05, 4.69) is 17.6 Å². The molecule has 0 aromatic carbocycles. The van der Waals surface area contributed by atoms with E-state index in [0.717, 1.165) is 51.0 Å². The smallest absolute Gasteiger partial charge is 0.381 e. The third-order valence-corrected chi connectivity index (χ3v) is 8.60. The van der Waals surface area contributed by atoms with Crippen LogP contribution in [0, 0.1) is 11.8 Å². The highest BCUT2D eigenvalue weighted by Gasteiger charge is 2.52. The average molecular weight is 462 g/mol. The normalized spacial score (nSPS) is 33.4. The minimum absolute atomic E-state index is 0.0375. The topological polar surface area (TPSA) is 53.6 Å². The molecule has 0 radical (unpaired) electrons. The molecule has 0 aromatic heterocycles. The molecule has 31 heavy (non-hydrogen) atoms. The number of hydrogen-bond donors (Lipinski definition) is 2. The number of nitrogens with one attached hydrogen (secondary N) is 2. The molecule has 0 aromatic rings. The summed E-state index contributed by atoms with van der Waals surface area (Å²) >= 11 is 1.77. The molecule has 1 saturated carbocycles. The number of nitrogens with zero attached hydrogens (tertiary/aromatic N) is 1. The molecule has 1 amide bonds. The molecule has 5 nitrogen and oxygen atoms in total. The highest BCUT2D eigenvalue weighted by Crippen LogP contribution is 2.54. The summed E-state index contributed by atoms with van der Waals surface area (Å²) in [6, 6.07) is 0.499. The van der Waals surface area contributed by atoms with Gasteiger partial charge in [0.15, 0.2) is 0 Å². The quantitative estimate of drug-likeness (QED) is 0.609. The van der Waals surface area contributed by atoms with Gasteiger partial charge in [0, 0.05) is 48.7 Å². The van der Waals surface area contributed by atoms with Gasteiger partial charge in [-0.1, -0.05) is 0 Å². The minimum Gasteiger partial charge on any atom is -0.381 e. The van der Waals surface area contributed by atoms with Crippen LogP contribution in [0.5, 0.6) is 0 Å². The highest BCUT2D eigenvalue weighted by atomic mass is 32.2. The number of halogens is 3. The van der Waals surface area contributed by atoms with Gasteiger partial charge in [-0.3, -0.25) is 9.69 Å². The Kier molecular flexibility index (Phi) is 7.25. The molecule has 2 saturated heterocycles. The lowest BCUT2D eigenvalue weighted by molar-refractivity contribution is -0.148. The first-order chi connectivity index (χ1) is 14.7. The van der Waals surface area contributed by atoms with Crippen LogP contribution in [0.3, 0.4) is 0 Å². The van der Waals surface area contributed by atoms with E-state index < -0.39 is 12.7 Å². The second-order valence-corrected chi connectivity index (χ2v) is 11.2. The molecule has 3 fully saturated rings. The van der Waals surface area contributed by atoms with Crippen LogP contribution in [-0.2, 0) is 9.53 Å². The summed E-state index contributed by atoms with van der Waals surface area (Å²) in [4.78, 5) is 14.2. The minimum atomic E-state index is -4.16. The van der Waals surface area contributed by atoms with E-state index in [4.69, 9.17) is 4.74 Å². The first-order valence-electron chi connectivity index (χ1n) is 11.5. The van der Waals surface area contributed by atoms with Gasteiger partial charge in [0.1, 0.15) is 0 Å². The Morgan fingerprint density at radius 2 is 1.97 bits per heavy atom. The molecule has 2 N–H and O–H groups in total. The summed E-state index contributed by atoms with van der Waals surface area (Å²) in [6.45, 7) is 4.94. The lowest BCUT2D eigenvalue weighted by atomic mass is 9.95. The zero-order valence-electron chi connectivity index (χ0n) is 18.2. The molecule has 3 atom stereocenters. The zero-order chi connectivity index (χ0) is 22.1. The SMILES string of the molecule is CC1([C@@H]2C[C@H]2NCC2CCOCC2)CC(C(=O)NC2CCN(CC(F)(F)F)CC2)=CS1. The lowest BCUT2D eigenvalue weighted by Crippen LogP contribution is -2.47. The van der Waals surface area contributed by atoms with E-state index in [9.17, 15) is 18.0 Å². The van der Waals surface area contributed by atoms with E-state index in [0.29, 0.717) is 43.8 Å². The molecular formula is C22H34F3N3O2S. The van der Waals surface area contributed by atoms with Crippen molar-refractivity contribution in [2.75, 3.05) is 39.4 Å². The van der Waals surface area contributed by atoms with Crippen molar-refractivity contribution in [1.29, 1.82) is 0 Å². The maximum atomic E-state index is 12.8. The number of likely N-dealkylation sites (tertiary alicyclic amines) is 1. The van der Waals surface area contributed by atoms with Crippen molar-refractivity contribution in [1.82, 2.24) is 15.5 Å². The molecule has 4 rings (SSSR count).